The Bertz CT molecular complexity index is 1470. The number of carbonyl (C=O) groups excluding carboxylic acids is 1. The van der Waals surface area contributed by atoms with Crippen molar-refractivity contribution in [3.8, 4) is 11.5 Å². The molecule has 1 saturated heterocycles. The van der Waals surface area contributed by atoms with Crippen molar-refractivity contribution >= 4 is 40.5 Å². The van der Waals surface area contributed by atoms with Gasteiger partial charge in [0, 0.05) is 52.7 Å². The molecular weight excluding hydrogens is 585 g/mol. The molecular formula is C34H39Cl2N3O4. The molecule has 0 bridgehead atoms. The van der Waals surface area contributed by atoms with E-state index in [2.05, 4.69) is 29.1 Å². The first-order valence-corrected chi connectivity index (χ1v) is 15.5. The van der Waals surface area contributed by atoms with Crippen molar-refractivity contribution in [2.24, 2.45) is 0 Å². The number of aromatic amines is 1. The third-order valence-electron chi connectivity index (χ3n) is 8.08. The summed E-state index contributed by atoms with van der Waals surface area (Å²) >= 11 is 11.9. The normalized spacial score (nSPS) is 17.2. The van der Waals surface area contributed by atoms with Crippen LogP contribution in [0.4, 0.5) is 0 Å². The third-order valence-corrected chi connectivity index (χ3v) is 8.57. The maximum Gasteiger partial charge on any atom is 0.210 e. The fourth-order valence-corrected chi connectivity index (χ4v) is 6.02. The maximum atomic E-state index is 11.9. The number of piperidine rings is 1. The number of halogens is 2. The fourth-order valence-electron chi connectivity index (χ4n) is 5.72. The Labute approximate surface area is 263 Å². The fraction of sp³-hybridized carbons (Fsp3) is 0.382. The van der Waals surface area contributed by atoms with Gasteiger partial charge >= 0.3 is 0 Å². The number of H-pyrrole nitrogens is 1. The molecule has 0 radical (unpaired) electrons. The van der Waals surface area contributed by atoms with E-state index >= 15 is 0 Å². The Balaban J connectivity index is 0.000000351. The molecule has 1 amide bonds. The van der Waals surface area contributed by atoms with Crippen LogP contribution in [-0.2, 0) is 16.0 Å². The number of rotatable bonds is 9. The number of hydrogen-bond donors (Lipinski definition) is 1. The molecule has 43 heavy (non-hydrogen) atoms. The maximum absolute atomic E-state index is 11.9. The first kappa shape index (κ1) is 31.2. The van der Waals surface area contributed by atoms with Gasteiger partial charge in [-0.3, -0.25) is 4.79 Å². The van der Waals surface area contributed by atoms with Gasteiger partial charge in [-0.2, -0.15) is 0 Å². The van der Waals surface area contributed by atoms with Crippen LogP contribution in [0, 0.1) is 0 Å². The lowest BCUT2D eigenvalue weighted by Crippen LogP contribution is -2.34. The topological polar surface area (TPSA) is 67.0 Å². The van der Waals surface area contributed by atoms with Crippen LogP contribution in [0.1, 0.15) is 42.1 Å². The van der Waals surface area contributed by atoms with Crippen molar-refractivity contribution < 1.29 is 19.0 Å². The number of amides is 1. The van der Waals surface area contributed by atoms with Gasteiger partial charge in [0.1, 0.15) is 11.5 Å². The van der Waals surface area contributed by atoms with E-state index in [0.29, 0.717) is 19.3 Å². The lowest BCUT2D eigenvalue weighted by atomic mass is 9.93. The summed E-state index contributed by atoms with van der Waals surface area (Å²) in [5.41, 5.74) is 4.42. The van der Waals surface area contributed by atoms with E-state index in [1.807, 2.05) is 47.4 Å². The molecule has 6 rings (SSSR count). The number of fused-ring (bicyclic) bond motifs is 3. The van der Waals surface area contributed by atoms with Crippen molar-refractivity contribution in [2.45, 2.75) is 37.8 Å². The second kappa shape index (κ2) is 15.0. The van der Waals surface area contributed by atoms with Gasteiger partial charge in [-0.15, -0.1) is 0 Å². The Kier molecular flexibility index (Phi) is 10.9. The molecule has 1 aromatic heterocycles. The summed E-state index contributed by atoms with van der Waals surface area (Å²) in [5.74, 6) is 1.67. The van der Waals surface area contributed by atoms with E-state index in [0.717, 1.165) is 95.5 Å². The Morgan fingerprint density at radius 2 is 1.60 bits per heavy atom. The first-order valence-electron chi connectivity index (χ1n) is 14.8. The highest BCUT2D eigenvalue weighted by Gasteiger charge is 2.31. The number of benzene rings is 3. The van der Waals surface area contributed by atoms with Crippen LogP contribution < -0.4 is 9.47 Å². The van der Waals surface area contributed by atoms with Crippen molar-refractivity contribution in [2.75, 3.05) is 47.0 Å². The van der Waals surface area contributed by atoms with Crippen LogP contribution in [0.2, 0.25) is 10.0 Å². The van der Waals surface area contributed by atoms with E-state index in [1.165, 1.54) is 5.56 Å². The van der Waals surface area contributed by atoms with Gasteiger partial charge < -0.3 is 29.0 Å². The zero-order valence-electron chi connectivity index (χ0n) is 24.7. The minimum Gasteiger partial charge on any atom is -0.497 e. The van der Waals surface area contributed by atoms with Gasteiger partial charge in [-0.25, -0.2) is 0 Å². The molecule has 0 spiro atoms. The highest BCUT2D eigenvalue weighted by molar-refractivity contribution is 6.31. The van der Waals surface area contributed by atoms with E-state index in [1.54, 1.807) is 19.2 Å². The summed E-state index contributed by atoms with van der Waals surface area (Å²) in [7, 11) is 3.79. The number of nitrogens with zero attached hydrogens (tertiary/aromatic N) is 2. The molecule has 1 fully saturated rings. The standard InChI is InChI=1S/C27H32ClN3O3.C7H7ClO/c1-30-12-9-22(10-13-30)34-16-2-15-33-21-6-3-19(4-7-21)27-26-23(11-14-31(27)18-32)24-17-20(28)5-8-25(24)29-26;1-9-7-4-2-6(8)3-5-7/h3-8,17-18,22,27,29H,2,9-16H2,1H3;2-5H,1H3. The molecule has 3 aromatic carbocycles. The quantitative estimate of drug-likeness (QED) is 0.158. The molecule has 2 aliphatic heterocycles. The van der Waals surface area contributed by atoms with Crippen molar-refractivity contribution in [3.05, 3.63) is 93.6 Å². The Morgan fingerprint density at radius 3 is 2.30 bits per heavy atom. The molecule has 1 unspecified atom stereocenters. The molecule has 4 aromatic rings. The highest BCUT2D eigenvalue weighted by Crippen LogP contribution is 2.38. The lowest BCUT2D eigenvalue weighted by molar-refractivity contribution is -0.120. The van der Waals surface area contributed by atoms with Crippen molar-refractivity contribution in [1.82, 2.24) is 14.8 Å². The summed E-state index contributed by atoms with van der Waals surface area (Å²) in [6.07, 6.45) is 5.24. The summed E-state index contributed by atoms with van der Waals surface area (Å²) in [4.78, 5) is 19.6. The van der Waals surface area contributed by atoms with Gasteiger partial charge in [0.2, 0.25) is 6.41 Å². The van der Waals surface area contributed by atoms with Crippen LogP contribution in [0.5, 0.6) is 11.5 Å². The molecule has 7 nitrogen and oxygen atoms in total. The number of aromatic nitrogens is 1. The zero-order chi connectivity index (χ0) is 30.2. The number of hydrogen-bond acceptors (Lipinski definition) is 5. The third kappa shape index (κ3) is 8.03. The average molecular weight is 625 g/mol. The number of nitrogens with one attached hydrogen (secondary N) is 1. The molecule has 3 heterocycles. The van der Waals surface area contributed by atoms with Gasteiger partial charge in [0.05, 0.1) is 32.5 Å². The van der Waals surface area contributed by atoms with Crippen LogP contribution in [0.15, 0.2) is 66.7 Å². The second-order valence-corrected chi connectivity index (χ2v) is 11.9. The monoisotopic (exact) mass is 623 g/mol. The number of carbonyl (C=O) groups is 1. The Morgan fingerprint density at radius 1 is 0.907 bits per heavy atom. The van der Waals surface area contributed by atoms with Gasteiger partial charge in [-0.1, -0.05) is 35.3 Å². The zero-order valence-corrected chi connectivity index (χ0v) is 26.2. The van der Waals surface area contributed by atoms with Gasteiger partial charge in [0.15, 0.2) is 0 Å². The smallest absolute Gasteiger partial charge is 0.210 e. The predicted molar refractivity (Wildman–Crippen MR) is 173 cm³/mol. The lowest BCUT2D eigenvalue weighted by Gasteiger charge is -2.33. The summed E-state index contributed by atoms with van der Waals surface area (Å²) in [6, 6.07) is 21.1. The molecule has 0 saturated carbocycles. The predicted octanol–water partition coefficient (Wildman–Crippen LogP) is 7.15. The van der Waals surface area contributed by atoms with Crippen LogP contribution in [0.3, 0.4) is 0 Å². The Hall–Kier alpha value is -3.23. The molecule has 2 aliphatic rings. The van der Waals surface area contributed by atoms with E-state index in [-0.39, 0.29) is 6.04 Å². The molecule has 0 aliphatic carbocycles. The van der Waals surface area contributed by atoms with Crippen LogP contribution in [-0.4, -0.2) is 74.3 Å². The van der Waals surface area contributed by atoms with E-state index in [4.69, 9.17) is 37.4 Å². The molecule has 228 valence electrons. The van der Waals surface area contributed by atoms with Crippen molar-refractivity contribution in [1.29, 1.82) is 0 Å². The molecule has 9 heteroatoms. The SMILES string of the molecule is CN1CCC(OCCCOc2ccc(C3c4[nH]c5ccc(Cl)cc5c4CCN3C=O)cc2)CC1.COc1ccc(Cl)cc1. The average Bonchev–Trinajstić information content (AvgIpc) is 3.40. The minimum atomic E-state index is -0.149. The van der Waals surface area contributed by atoms with Crippen LogP contribution in [0.25, 0.3) is 10.9 Å². The van der Waals surface area contributed by atoms with E-state index < -0.39 is 0 Å². The van der Waals surface area contributed by atoms with E-state index in [9.17, 15) is 4.79 Å². The summed E-state index contributed by atoms with van der Waals surface area (Å²) in [5, 5.41) is 2.60. The van der Waals surface area contributed by atoms with Crippen molar-refractivity contribution in [3.63, 3.8) is 0 Å². The largest absolute Gasteiger partial charge is 0.497 e. The summed E-state index contributed by atoms with van der Waals surface area (Å²) < 4.78 is 16.9. The second-order valence-electron chi connectivity index (χ2n) is 11.0. The number of ether oxygens (including phenoxy) is 3. The van der Waals surface area contributed by atoms with Gasteiger partial charge in [0.25, 0.3) is 0 Å². The molecule has 1 N–H and O–H groups in total. The highest BCUT2D eigenvalue weighted by atomic mass is 35.5. The summed E-state index contributed by atoms with van der Waals surface area (Å²) in [6.45, 7) is 4.27. The first-order chi connectivity index (χ1) is 20.9. The number of methoxy groups -OCH3 is 1. The minimum absolute atomic E-state index is 0.149. The number of likely N-dealkylation sites (tertiary alicyclic amines) is 1. The van der Waals surface area contributed by atoms with Gasteiger partial charge in [-0.05, 0) is 92.0 Å². The van der Waals surface area contributed by atoms with Crippen LogP contribution >= 0.6 is 23.2 Å². The molecule has 1 atom stereocenters.